The Morgan fingerprint density at radius 2 is 1.86 bits per heavy atom. The molecule has 2 N–H and O–H groups in total. The van der Waals surface area contributed by atoms with Crippen LogP contribution in [0.3, 0.4) is 0 Å². The second-order valence-corrected chi connectivity index (χ2v) is 5.95. The van der Waals surface area contributed by atoms with Gasteiger partial charge in [-0.05, 0) is 31.2 Å². The first-order valence-corrected chi connectivity index (χ1v) is 7.23. The molecule has 0 radical (unpaired) electrons. The van der Waals surface area contributed by atoms with E-state index in [4.69, 9.17) is 0 Å². The second kappa shape index (κ2) is 5.45. The third-order valence-corrected chi connectivity index (χ3v) is 4.22. The third kappa shape index (κ3) is 3.58. The number of rotatable bonds is 4. The van der Waals surface area contributed by atoms with Crippen LogP contribution in [0.4, 0.5) is 13.2 Å². The van der Waals surface area contributed by atoms with Crippen molar-refractivity contribution in [3.8, 4) is 0 Å². The van der Waals surface area contributed by atoms with Crippen LogP contribution in [-0.4, -0.2) is 23.6 Å². The van der Waals surface area contributed by atoms with Crippen LogP contribution >= 0.6 is 0 Å². The number of alkyl halides is 3. The van der Waals surface area contributed by atoms with E-state index < -0.39 is 27.8 Å². The predicted octanol–water partition coefficient (Wildman–Crippen LogP) is 1.86. The standard InChI is InChI=1S/C11H11F3N4O2S/c1-7(10-15-6-16-17-10)18-21(19,20)9-4-2-8(3-5-9)11(12,13)14/h2-7,18H,1H3,(H,15,16,17). The molecule has 21 heavy (non-hydrogen) atoms. The van der Waals surface area contributed by atoms with Crippen molar-refractivity contribution in [1.82, 2.24) is 19.9 Å². The molecule has 6 nitrogen and oxygen atoms in total. The van der Waals surface area contributed by atoms with Gasteiger partial charge >= 0.3 is 6.18 Å². The number of sulfonamides is 1. The molecule has 10 heteroatoms. The fourth-order valence-corrected chi connectivity index (χ4v) is 2.81. The Balaban J connectivity index is 2.20. The molecule has 0 amide bonds. The number of hydrogen-bond donors (Lipinski definition) is 2. The SMILES string of the molecule is CC(NS(=O)(=O)c1ccc(C(F)(F)F)cc1)c1ncn[nH]1. The molecular weight excluding hydrogens is 309 g/mol. The van der Waals surface area contributed by atoms with Crippen LogP contribution in [0.15, 0.2) is 35.5 Å². The van der Waals surface area contributed by atoms with Gasteiger partial charge in [-0.3, -0.25) is 5.10 Å². The molecule has 2 rings (SSSR count). The van der Waals surface area contributed by atoms with Crippen molar-refractivity contribution in [3.63, 3.8) is 0 Å². The summed E-state index contributed by atoms with van der Waals surface area (Å²) in [5, 5.41) is 6.09. The van der Waals surface area contributed by atoms with Crippen LogP contribution in [0.1, 0.15) is 24.4 Å². The Morgan fingerprint density at radius 3 is 2.33 bits per heavy atom. The van der Waals surface area contributed by atoms with Crippen LogP contribution < -0.4 is 4.72 Å². The summed E-state index contributed by atoms with van der Waals surface area (Å²) in [7, 11) is -3.95. The quantitative estimate of drug-likeness (QED) is 0.900. The molecule has 0 aliphatic carbocycles. The normalized spacial score (nSPS) is 14.1. The predicted molar refractivity (Wildman–Crippen MR) is 66.6 cm³/mol. The molecular formula is C11H11F3N4O2S. The van der Waals surface area contributed by atoms with E-state index in [-0.39, 0.29) is 4.90 Å². The summed E-state index contributed by atoms with van der Waals surface area (Å²) in [6.07, 6.45) is -3.29. The van der Waals surface area contributed by atoms with E-state index in [1.54, 1.807) is 0 Å². The van der Waals surface area contributed by atoms with E-state index in [9.17, 15) is 21.6 Å². The Hall–Kier alpha value is -1.94. The molecule has 1 atom stereocenters. The van der Waals surface area contributed by atoms with Gasteiger partial charge in [0.05, 0.1) is 16.5 Å². The number of benzene rings is 1. The third-order valence-electron chi connectivity index (χ3n) is 2.67. The molecule has 1 aromatic carbocycles. The second-order valence-electron chi connectivity index (χ2n) is 4.24. The van der Waals surface area contributed by atoms with Crippen LogP contribution in [0.5, 0.6) is 0 Å². The van der Waals surface area contributed by atoms with Crippen LogP contribution in [0.25, 0.3) is 0 Å². The Kier molecular flexibility index (Phi) is 4.01. The highest BCUT2D eigenvalue weighted by atomic mass is 32.2. The molecule has 114 valence electrons. The molecule has 0 aliphatic heterocycles. The highest BCUT2D eigenvalue weighted by molar-refractivity contribution is 7.89. The average Bonchev–Trinajstić information content (AvgIpc) is 2.91. The van der Waals surface area contributed by atoms with Crippen LogP contribution in [0.2, 0.25) is 0 Å². The van der Waals surface area contributed by atoms with Crippen molar-refractivity contribution < 1.29 is 21.6 Å². The van der Waals surface area contributed by atoms with E-state index in [2.05, 4.69) is 19.9 Å². The van der Waals surface area contributed by atoms with Gasteiger partial charge in [0.1, 0.15) is 12.2 Å². The maximum absolute atomic E-state index is 12.4. The van der Waals surface area contributed by atoms with Gasteiger partial charge in [-0.25, -0.2) is 18.1 Å². The van der Waals surface area contributed by atoms with E-state index in [0.29, 0.717) is 18.0 Å². The van der Waals surface area contributed by atoms with E-state index in [0.717, 1.165) is 12.1 Å². The number of nitrogens with one attached hydrogen (secondary N) is 2. The van der Waals surface area contributed by atoms with Gasteiger partial charge in [0.25, 0.3) is 0 Å². The topological polar surface area (TPSA) is 87.7 Å². The zero-order valence-electron chi connectivity index (χ0n) is 10.7. The number of halogens is 3. The number of hydrogen-bond acceptors (Lipinski definition) is 4. The fourth-order valence-electron chi connectivity index (χ4n) is 1.60. The molecule has 2 aromatic rings. The molecule has 0 bridgehead atoms. The van der Waals surface area contributed by atoms with E-state index in [1.165, 1.54) is 13.3 Å². The van der Waals surface area contributed by atoms with Gasteiger partial charge in [-0.1, -0.05) is 0 Å². The van der Waals surface area contributed by atoms with Gasteiger partial charge < -0.3 is 0 Å². The molecule has 0 spiro atoms. The zero-order valence-corrected chi connectivity index (χ0v) is 11.5. The summed E-state index contributed by atoms with van der Waals surface area (Å²) < 4.78 is 63.7. The number of aromatic amines is 1. The number of H-pyrrole nitrogens is 1. The highest BCUT2D eigenvalue weighted by Crippen LogP contribution is 2.29. The van der Waals surface area contributed by atoms with Gasteiger partial charge in [-0.15, -0.1) is 0 Å². The van der Waals surface area contributed by atoms with Crippen molar-refractivity contribution in [2.75, 3.05) is 0 Å². The summed E-state index contributed by atoms with van der Waals surface area (Å²) >= 11 is 0. The monoisotopic (exact) mass is 320 g/mol. The summed E-state index contributed by atoms with van der Waals surface area (Å²) in [4.78, 5) is 3.54. The van der Waals surface area contributed by atoms with Crippen molar-refractivity contribution in [1.29, 1.82) is 0 Å². The summed E-state index contributed by atoms with van der Waals surface area (Å²) in [5.74, 6) is 0.297. The molecule has 1 aromatic heterocycles. The number of aromatic nitrogens is 3. The van der Waals surface area contributed by atoms with Gasteiger partial charge in [0.2, 0.25) is 10.0 Å². The first kappa shape index (κ1) is 15.4. The summed E-state index contributed by atoms with van der Waals surface area (Å²) in [6.45, 7) is 1.53. The fraction of sp³-hybridized carbons (Fsp3) is 0.273. The van der Waals surface area contributed by atoms with Crippen LogP contribution in [0, 0.1) is 0 Å². The Morgan fingerprint density at radius 1 is 1.24 bits per heavy atom. The average molecular weight is 320 g/mol. The Labute approximate surface area is 118 Å². The molecule has 1 heterocycles. The van der Waals surface area contributed by atoms with Gasteiger partial charge in [-0.2, -0.15) is 18.3 Å². The van der Waals surface area contributed by atoms with Gasteiger partial charge in [0.15, 0.2) is 0 Å². The zero-order chi connectivity index (χ0) is 15.7. The van der Waals surface area contributed by atoms with Gasteiger partial charge in [0, 0.05) is 0 Å². The minimum Gasteiger partial charge on any atom is -0.262 e. The molecule has 0 saturated carbocycles. The lowest BCUT2D eigenvalue weighted by Crippen LogP contribution is -2.27. The minimum absolute atomic E-state index is 0.262. The largest absolute Gasteiger partial charge is 0.416 e. The van der Waals surface area contributed by atoms with Crippen molar-refractivity contribution in [3.05, 3.63) is 42.0 Å². The Bertz CT molecular complexity index is 696. The summed E-state index contributed by atoms with van der Waals surface area (Å²) in [6, 6.07) is 2.54. The maximum Gasteiger partial charge on any atom is 0.416 e. The van der Waals surface area contributed by atoms with E-state index in [1.807, 2.05) is 0 Å². The smallest absolute Gasteiger partial charge is 0.262 e. The summed E-state index contributed by atoms with van der Waals surface area (Å²) in [5.41, 5.74) is -0.912. The van der Waals surface area contributed by atoms with E-state index >= 15 is 0 Å². The first-order chi connectivity index (χ1) is 9.70. The van der Waals surface area contributed by atoms with Crippen LogP contribution in [-0.2, 0) is 16.2 Å². The maximum atomic E-state index is 12.4. The molecule has 1 unspecified atom stereocenters. The lowest BCUT2D eigenvalue weighted by atomic mass is 10.2. The first-order valence-electron chi connectivity index (χ1n) is 5.75. The van der Waals surface area contributed by atoms with Crippen molar-refractivity contribution >= 4 is 10.0 Å². The van der Waals surface area contributed by atoms with Crippen molar-refractivity contribution in [2.24, 2.45) is 0 Å². The lowest BCUT2D eigenvalue weighted by molar-refractivity contribution is -0.137. The molecule has 0 aliphatic rings. The number of nitrogens with zero attached hydrogens (tertiary/aromatic N) is 2. The minimum atomic E-state index is -4.51. The molecule has 0 fully saturated rings. The lowest BCUT2D eigenvalue weighted by Gasteiger charge is -2.12. The van der Waals surface area contributed by atoms with Crippen molar-refractivity contribution in [2.45, 2.75) is 24.0 Å². The molecule has 0 saturated heterocycles. The highest BCUT2D eigenvalue weighted by Gasteiger charge is 2.30.